The fourth-order valence-corrected chi connectivity index (χ4v) is 2.89. The van der Waals surface area contributed by atoms with E-state index >= 15 is 0 Å². The molecule has 1 rings (SSSR count). The standard InChI is InChI=1S/C17H31N5O4/c1-11(16(25)15(21(5)6)17(26)18-2)9-12-19-13(23)10-14(24)22(12)8-7-20(3)4/h11,15-16,25H,7-10H2,1-6H3,(H,18,26)/t11-,15?,16-/m1/s1. The monoisotopic (exact) mass is 369 g/mol. The molecule has 0 fully saturated rings. The average molecular weight is 369 g/mol. The molecule has 3 amide bonds. The molecule has 0 aromatic heterocycles. The minimum atomic E-state index is -0.976. The van der Waals surface area contributed by atoms with Crippen LogP contribution in [0.25, 0.3) is 0 Å². The van der Waals surface area contributed by atoms with Crippen LogP contribution in [0, 0.1) is 5.92 Å². The quantitative estimate of drug-likeness (QED) is 0.493. The number of nitrogens with zero attached hydrogens (tertiary/aromatic N) is 4. The second kappa shape index (κ2) is 9.75. The Bertz CT molecular complexity index is 561. The molecule has 0 aliphatic carbocycles. The molecule has 26 heavy (non-hydrogen) atoms. The zero-order chi connectivity index (χ0) is 20.0. The molecular formula is C17H31N5O4. The van der Waals surface area contributed by atoms with Crippen LogP contribution in [-0.2, 0) is 14.4 Å². The molecule has 3 atom stereocenters. The summed E-state index contributed by atoms with van der Waals surface area (Å²) in [5.74, 6) is -1.06. The summed E-state index contributed by atoms with van der Waals surface area (Å²) in [6.07, 6.45) is -0.977. The van der Waals surface area contributed by atoms with E-state index in [1.165, 1.54) is 11.9 Å². The molecule has 1 unspecified atom stereocenters. The van der Waals surface area contributed by atoms with Gasteiger partial charge in [0.2, 0.25) is 11.8 Å². The van der Waals surface area contributed by atoms with E-state index in [0.717, 1.165) is 0 Å². The van der Waals surface area contributed by atoms with Crippen LogP contribution >= 0.6 is 0 Å². The van der Waals surface area contributed by atoms with Crippen molar-refractivity contribution in [1.82, 2.24) is 20.0 Å². The Balaban J connectivity index is 2.94. The predicted molar refractivity (Wildman–Crippen MR) is 98.7 cm³/mol. The van der Waals surface area contributed by atoms with Crippen molar-refractivity contribution in [3.8, 4) is 0 Å². The Labute approximate surface area is 155 Å². The lowest BCUT2D eigenvalue weighted by Crippen LogP contribution is -2.53. The van der Waals surface area contributed by atoms with E-state index in [1.807, 2.05) is 19.0 Å². The highest BCUT2D eigenvalue weighted by Gasteiger charge is 2.35. The first kappa shape index (κ1) is 22.2. The van der Waals surface area contributed by atoms with E-state index in [0.29, 0.717) is 18.9 Å². The second-order valence-electron chi connectivity index (χ2n) is 7.14. The van der Waals surface area contributed by atoms with Gasteiger partial charge in [0.25, 0.3) is 5.91 Å². The molecule has 0 aromatic carbocycles. The normalized spacial score (nSPS) is 18.8. The van der Waals surface area contributed by atoms with Crippen LogP contribution in [0.2, 0.25) is 0 Å². The van der Waals surface area contributed by atoms with Crippen LogP contribution in [0.1, 0.15) is 19.8 Å². The maximum Gasteiger partial charge on any atom is 0.256 e. The minimum absolute atomic E-state index is 0.230. The lowest BCUT2D eigenvalue weighted by Gasteiger charge is -2.34. The Morgan fingerprint density at radius 2 is 1.92 bits per heavy atom. The van der Waals surface area contributed by atoms with Gasteiger partial charge in [-0.3, -0.25) is 24.2 Å². The zero-order valence-corrected chi connectivity index (χ0v) is 16.5. The highest BCUT2D eigenvalue weighted by molar-refractivity contribution is 6.13. The molecule has 1 aliphatic rings. The van der Waals surface area contributed by atoms with E-state index in [1.54, 1.807) is 25.9 Å². The van der Waals surface area contributed by atoms with E-state index in [-0.39, 0.29) is 30.6 Å². The van der Waals surface area contributed by atoms with Crippen molar-refractivity contribution in [3.05, 3.63) is 0 Å². The summed E-state index contributed by atoms with van der Waals surface area (Å²) in [6, 6.07) is -0.735. The molecule has 148 valence electrons. The highest BCUT2D eigenvalue weighted by atomic mass is 16.3. The molecule has 0 bridgehead atoms. The Morgan fingerprint density at radius 1 is 1.31 bits per heavy atom. The number of hydrogen-bond acceptors (Lipinski definition) is 6. The molecule has 2 N–H and O–H groups in total. The lowest BCUT2D eigenvalue weighted by molar-refractivity contribution is -0.134. The van der Waals surface area contributed by atoms with E-state index in [9.17, 15) is 19.5 Å². The van der Waals surface area contributed by atoms with Gasteiger partial charge >= 0.3 is 0 Å². The number of aliphatic imine (C=N–C) groups is 1. The van der Waals surface area contributed by atoms with Gasteiger partial charge < -0.3 is 15.3 Å². The topological polar surface area (TPSA) is 106 Å². The highest BCUT2D eigenvalue weighted by Crippen LogP contribution is 2.19. The van der Waals surface area contributed by atoms with Gasteiger partial charge in [0.1, 0.15) is 18.3 Å². The molecule has 0 spiro atoms. The molecule has 0 saturated carbocycles. The van der Waals surface area contributed by atoms with Gasteiger partial charge in [-0.25, -0.2) is 0 Å². The summed E-state index contributed by atoms with van der Waals surface area (Å²) in [5.41, 5.74) is 0. The Kier molecular flexibility index (Phi) is 8.32. The lowest BCUT2D eigenvalue weighted by atomic mass is 9.92. The van der Waals surface area contributed by atoms with Crippen LogP contribution in [0.15, 0.2) is 4.99 Å². The number of hydrogen-bond donors (Lipinski definition) is 2. The molecule has 0 saturated heterocycles. The summed E-state index contributed by atoms with van der Waals surface area (Å²) in [5, 5.41) is 13.2. The summed E-state index contributed by atoms with van der Waals surface area (Å²) < 4.78 is 0. The fourth-order valence-electron chi connectivity index (χ4n) is 2.89. The number of nitrogens with one attached hydrogen (secondary N) is 1. The largest absolute Gasteiger partial charge is 0.391 e. The summed E-state index contributed by atoms with van der Waals surface area (Å²) in [7, 11) is 8.73. The molecule has 1 aliphatic heterocycles. The number of amides is 3. The number of aliphatic hydroxyl groups excluding tert-OH is 1. The molecule has 9 nitrogen and oxygen atoms in total. The van der Waals surface area contributed by atoms with Gasteiger partial charge in [-0.2, -0.15) is 4.99 Å². The molecule has 9 heteroatoms. The minimum Gasteiger partial charge on any atom is -0.391 e. The number of amidine groups is 1. The number of rotatable bonds is 9. The Morgan fingerprint density at radius 3 is 2.42 bits per heavy atom. The first-order valence-electron chi connectivity index (χ1n) is 8.70. The molecule has 1 heterocycles. The van der Waals surface area contributed by atoms with Crippen molar-refractivity contribution in [1.29, 1.82) is 0 Å². The first-order valence-corrected chi connectivity index (χ1v) is 8.70. The smallest absolute Gasteiger partial charge is 0.256 e. The third-order valence-corrected chi connectivity index (χ3v) is 4.42. The van der Waals surface area contributed by atoms with Gasteiger partial charge in [0, 0.05) is 26.6 Å². The maximum atomic E-state index is 12.2. The molecular weight excluding hydrogens is 338 g/mol. The van der Waals surface area contributed by atoms with Crippen molar-refractivity contribution in [2.24, 2.45) is 10.9 Å². The number of likely N-dealkylation sites (N-methyl/N-ethyl adjacent to an activating group) is 3. The second-order valence-corrected chi connectivity index (χ2v) is 7.14. The third kappa shape index (κ3) is 5.86. The Hall–Kier alpha value is -1.84. The van der Waals surface area contributed by atoms with Crippen LogP contribution < -0.4 is 5.32 Å². The summed E-state index contributed by atoms with van der Waals surface area (Å²) in [6.45, 7) is 2.84. The number of carbonyl (C=O) groups excluding carboxylic acids is 3. The zero-order valence-electron chi connectivity index (χ0n) is 16.5. The molecule has 0 aromatic rings. The van der Waals surface area contributed by atoms with E-state index < -0.39 is 18.1 Å². The maximum absolute atomic E-state index is 12.2. The van der Waals surface area contributed by atoms with Crippen LogP contribution in [0.4, 0.5) is 0 Å². The third-order valence-electron chi connectivity index (χ3n) is 4.42. The number of aliphatic hydroxyl groups is 1. The van der Waals surface area contributed by atoms with Gasteiger partial charge in [-0.05, 0) is 34.1 Å². The predicted octanol–water partition coefficient (Wildman–Crippen LogP) is -1.23. The van der Waals surface area contributed by atoms with Gasteiger partial charge in [0.15, 0.2) is 0 Å². The van der Waals surface area contributed by atoms with Crippen LogP contribution in [-0.4, -0.2) is 104 Å². The molecule has 0 radical (unpaired) electrons. The average Bonchev–Trinajstić information content (AvgIpc) is 2.52. The first-order chi connectivity index (χ1) is 12.1. The van der Waals surface area contributed by atoms with Crippen molar-refractivity contribution in [2.45, 2.75) is 31.9 Å². The van der Waals surface area contributed by atoms with Gasteiger partial charge in [-0.15, -0.1) is 0 Å². The van der Waals surface area contributed by atoms with Crippen molar-refractivity contribution in [3.63, 3.8) is 0 Å². The SMILES string of the molecule is CNC(=O)C([C@H](O)[C@H](C)CC1=NC(=O)CC(=O)N1CCN(C)C)N(C)C. The summed E-state index contributed by atoms with van der Waals surface area (Å²) in [4.78, 5) is 45.2. The summed E-state index contributed by atoms with van der Waals surface area (Å²) >= 11 is 0. The van der Waals surface area contributed by atoms with Crippen molar-refractivity contribution in [2.75, 3.05) is 48.3 Å². The fraction of sp³-hybridized carbons (Fsp3) is 0.765. The number of carbonyl (C=O) groups is 3. The van der Waals surface area contributed by atoms with Gasteiger partial charge in [-0.1, -0.05) is 6.92 Å². The van der Waals surface area contributed by atoms with Gasteiger partial charge in [0.05, 0.1) is 6.10 Å². The van der Waals surface area contributed by atoms with Crippen molar-refractivity contribution < 1.29 is 19.5 Å². The van der Waals surface area contributed by atoms with E-state index in [4.69, 9.17) is 0 Å². The van der Waals surface area contributed by atoms with E-state index in [2.05, 4.69) is 10.3 Å². The van der Waals surface area contributed by atoms with Crippen LogP contribution in [0.3, 0.4) is 0 Å². The van der Waals surface area contributed by atoms with Crippen LogP contribution in [0.5, 0.6) is 0 Å². The van der Waals surface area contributed by atoms with Crippen molar-refractivity contribution >= 4 is 23.6 Å².